The Morgan fingerprint density at radius 1 is 1.52 bits per heavy atom. The van der Waals surface area contributed by atoms with Crippen molar-refractivity contribution < 1.29 is 9.72 Å². The van der Waals surface area contributed by atoms with Gasteiger partial charge in [-0.05, 0) is 25.2 Å². The van der Waals surface area contributed by atoms with Crippen LogP contribution < -0.4 is 10.6 Å². The van der Waals surface area contributed by atoms with Crippen molar-refractivity contribution in [3.8, 4) is 0 Å². The van der Waals surface area contributed by atoms with E-state index in [9.17, 15) is 14.9 Å². The summed E-state index contributed by atoms with van der Waals surface area (Å²) < 4.78 is 0. The lowest BCUT2D eigenvalue weighted by Crippen LogP contribution is -2.40. The van der Waals surface area contributed by atoms with E-state index < -0.39 is 4.92 Å². The Kier molecular flexibility index (Phi) is 4.40. The zero-order chi connectivity index (χ0) is 15.5. The van der Waals surface area contributed by atoms with Crippen molar-refractivity contribution in [2.24, 2.45) is 5.41 Å². The minimum atomic E-state index is -0.549. The Hall–Kier alpha value is -2.18. The quantitative estimate of drug-likeness (QED) is 0.619. The molecule has 1 aliphatic rings. The van der Waals surface area contributed by atoms with Gasteiger partial charge in [0.05, 0.1) is 10.5 Å². The van der Waals surface area contributed by atoms with Crippen molar-refractivity contribution in [1.29, 1.82) is 0 Å². The van der Waals surface area contributed by atoms with Gasteiger partial charge in [-0.15, -0.1) is 0 Å². The largest absolute Gasteiger partial charge is 0.370 e. The minimum absolute atomic E-state index is 0.155. The van der Waals surface area contributed by atoms with E-state index in [1.54, 1.807) is 0 Å². The SMILES string of the molecule is CCNc1ncc([N+](=O)[O-])cc1C(=O)NCC1(C)CCC1. The molecule has 0 aliphatic heterocycles. The number of carbonyl (C=O) groups excluding carboxylic acids is 1. The standard InChI is InChI=1S/C14H20N4O3/c1-3-15-12-11(7-10(8-16-12)18(20)21)13(19)17-9-14(2)5-4-6-14/h7-8H,3-6,9H2,1-2H3,(H,15,16)(H,17,19). The summed E-state index contributed by atoms with van der Waals surface area (Å²) in [5.41, 5.74) is 0.188. The first-order chi connectivity index (χ1) is 9.95. The van der Waals surface area contributed by atoms with Gasteiger partial charge >= 0.3 is 0 Å². The first-order valence-corrected chi connectivity index (χ1v) is 7.12. The van der Waals surface area contributed by atoms with Gasteiger partial charge in [0.15, 0.2) is 0 Å². The average molecular weight is 292 g/mol. The number of nitrogens with one attached hydrogen (secondary N) is 2. The summed E-state index contributed by atoms with van der Waals surface area (Å²) in [6, 6.07) is 1.27. The number of rotatable bonds is 6. The van der Waals surface area contributed by atoms with Gasteiger partial charge in [-0.25, -0.2) is 4.98 Å². The average Bonchev–Trinajstić information content (AvgIpc) is 2.43. The molecule has 7 heteroatoms. The van der Waals surface area contributed by atoms with Crippen LogP contribution in [0.1, 0.15) is 43.5 Å². The summed E-state index contributed by atoms with van der Waals surface area (Å²) in [5, 5.41) is 16.6. The highest BCUT2D eigenvalue weighted by Crippen LogP contribution is 2.39. The molecule has 0 atom stereocenters. The van der Waals surface area contributed by atoms with E-state index in [1.807, 2.05) is 6.92 Å². The first-order valence-electron chi connectivity index (χ1n) is 7.12. The molecule has 1 aromatic rings. The summed E-state index contributed by atoms with van der Waals surface area (Å²) >= 11 is 0. The fraction of sp³-hybridized carbons (Fsp3) is 0.571. The number of amides is 1. The van der Waals surface area contributed by atoms with Gasteiger partial charge in [0.1, 0.15) is 12.0 Å². The van der Waals surface area contributed by atoms with Crippen LogP contribution in [-0.4, -0.2) is 28.9 Å². The Bertz CT molecular complexity index is 555. The highest BCUT2D eigenvalue weighted by molar-refractivity contribution is 5.99. The maximum atomic E-state index is 12.3. The van der Waals surface area contributed by atoms with Crippen molar-refractivity contribution in [3.63, 3.8) is 0 Å². The number of anilines is 1. The molecule has 114 valence electrons. The van der Waals surface area contributed by atoms with Crippen LogP contribution >= 0.6 is 0 Å². The molecule has 7 nitrogen and oxygen atoms in total. The van der Waals surface area contributed by atoms with Crippen LogP contribution in [-0.2, 0) is 0 Å². The third-order valence-corrected chi connectivity index (χ3v) is 3.91. The number of carbonyl (C=O) groups is 1. The van der Waals surface area contributed by atoms with Crippen LogP contribution in [0.3, 0.4) is 0 Å². The molecule has 2 rings (SSSR count). The molecule has 0 aromatic carbocycles. The molecule has 0 unspecified atom stereocenters. The normalized spacial score (nSPS) is 15.9. The van der Waals surface area contributed by atoms with Gasteiger partial charge in [0.25, 0.3) is 11.6 Å². The van der Waals surface area contributed by atoms with Crippen LogP contribution in [0.2, 0.25) is 0 Å². The molecule has 1 fully saturated rings. The van der Waals surface area contributed by atoms with Crippen LogP contribution in [0.4, 0.5) is 11.5 Å². The summed E-state index contributed by atoms with van der Waals surface area (Å²) in [5.74, 6) is 0.0506. The molecule has 1 aliphatic carbocycles. The number of hydrogen-bond acceptors (Lipinski definition) is 5. The Morgan fingerprint density at radius 3 is 2.76 bits per heavy atom. The molecule has 0 spiro atoms. The molecule has 21 heavy (non-hydrogen) atoms. The second-order valence-electron chi connectivity index (χ2n) is 5.72. The number of hydrogen-bond donors (Lipinski definition) is 2. The van der Waals surface area contributed by atoms with Crippen LogP contribution in [0.25, 0.3) is 0 Å². The van der Waals surface area contributed by atoms with E-state index in [1.165, 1.54) is 12.5 Å². The van der Waals surface area contributed by atoms with E-state index in [-0.39, 0.29) is 22.6 Å². The van der Waals surface area contributed by atoms with Crippen molar-refractivity contribution in [1.82, 2.24) is 10.3 Å². The lowest BCUT2D eigenvalue weighted by Gasteiger charge is -2.38. The smallest absolute Gasteiger partial charge is 0.288 e. The molecule has 0 bridgehead atoms. The zero-order valence-electron chi connectivity index (χ0n) is 12.3. The summed E-state index contributed by atoms with van der Waals surface area (Å²) in [7, 11) is 0. The Morgan fingerprint density at radius 2 is 2.24 bits per heavy atom. The third-order valence-electron chi connectivity index (χ3n) is 3.91. The van der Waals surface area contributed by atoms with E-state index in [0.717, 1.165) is 19.0 Å². The van der Waals surface area contributed by atoms with Gasteiger partial charge in [-0.2, -0.15) is 0 Å². The van der Waals surface area contributed by atoms with E-state index in [4.69, 9.17) is 0 Å². The Balaban J connectivity index is 2.16. The highest BCUT2D eigenvalue weighted by atomic mass is 16.6. The van der Waals surface area contributed by atoms with E-state index in [2.05, 4.69) is 22.5 Å². The molecular weight excluding hydrogens is 272 g/mol. The maximum absolute atomic E-state index is 12.3. The first kappa shape index (κ1) is 15.2. The zero-order valence-corrected chi connectivity index (χ0v) is 12.3. The van der Waals surface area contributed by atoms with E-state index >= 15 is 0 Å². The molecule has 1 amide bonds. The van der Waals surface area contributed by atoms with Gasteiger partial charge < -0.3 is 10.6 Å². The molecule has 1 saturated carbocycles. The molecule has 2 N–H and O–H groups in total. The lowest BCUT2D eigenvalue weighted by molar-refractivity contribution is -0.385. The maximum Gasteiger partial charge on any atom is 0.288 e. The lowest BCUT2D eigenvalue weighted by atomic mass is 9.70. The van der Waals surface area contributed by atoms with Gasteiger partial charge in [0, 0.05) is 19.2 Å². The topological polar surface area (TPSA) is 97.2 Å². The highest BCUT2D eigenvalue weighted by Gasteiger charge is 2.32. The van der Waals surface area contributed by atoms with E-state index in [0.29, 0.717) is 18.9 Å². The molecule has 1 heterocycles. The predicted molar refractivity (Wildman–Crippen MR) is 79.3 cm³/mol. The molecular formula is C14H20N4O3. The summed E-state index contributed by atoms with van der Waals surface area (Å²) in [4.78, 5) is 26.5. The number of aromatic nitrogens is 1. The molecule has 0 saturated heterocycles. The van der Waals surface area contributed by atoms with Crippen LogP contribution in [0.5, 0.6) is 0 Å². The van der Waals surface area contributed by atoms with Gasteiger partial charge in [0.2, 0.25) is 0 Å². The van der Waals surface area contributed by atoms with Crippen molar-refractivity contribution in [2.45, 2.75) is 33.1 Å². The van der Waals surface area contributed by atoms with Crippen LogP contribution in [0.15, 0.2) is 12.3 Å². The Labute approximate surface area is 123 Å². The number of pyridine rings is 1. The molecule has 0 radical (unpaired) electrons. The van der Waals surface area contributed by atoms with Gasteiger partial charge in [-0.3, -0.25) is 14.9 Å². The number of nitrogens with zero attached hydrogens (tertiary/aromatic N) is 2. The van der Waals surface area contributed by atoms with Crippen molar-refractivity contribution >= 4 is 17.4 Å². The fourth-order valence-corrected chi connectivity index (χ4v) is 2.38. The minimum Gasteiger partial charge on any atom is -0.370 e. The summed E-state index contributed by atoms with van der Waals surface area (Å²) in [6.07, 6.45) is 4.54. The predicted octanol–water partition coefficient (Wildman–Crippen LogP) is 2.34. The monoisotopic (exact) mass is 292 g/mol. The summed E-state index contributed by atoms with van der Waals surface area (Å²) in [6.45, 7) is 5.18. The molecule has 1 aromatic heterocycles. The second-order valence-corrected chi connectivity index (χ2v) is 5.72. The van der Waals surface area contributed by atoms with Crippen molar-refractivity contribution in [3.05, 3.63) is 27.9 Å². The third kappa shape index (κ3) is 3.48. The van der Waals surface area contributed by atoms with Gasteiger partial charge in [-0.1, -0.05) is 13.3 Å². The fourth-order valence-electron chi connectivity index (χ4n) is 2.38. The number of nitro groups is 1. The van der Waals surface area contributed by atoms with Crippen LogP contribution in [0, 0.1) is 15.5 Å². The van der Waals surface area contributed by atoms with Crippen molar-refractivity contribution in [2.75, 3.05) is 18.4 Å². The second kappa shape index (κ2) is 6.07.